The fourth-order valence-corrected chi connectivity index (χ4v) is 8.48. The van der Waals surface area contributed by atoms with E-state index in [4.69, 9.17) is 14.1 Å². The molecule has 0 aliphatic carbocycles. The Hall–Kier alpha value is -6.33. The predicted molar refractivity (Wildman–Crippen MR) is 267 cm³/mol. The van der Waals surface area contributed by atoms with Gasteiger partial charge in [0.05, 0.1) is 28.0 Å². The molecule has 0 saturated carbocycles. The number of nitrogens with zero attached hydrogens (tertiary/aromatic N) is 3. The molecule has 0 atom stereocenters. The van der Waals surface area contributed by atoms with Crippen LogP contribution < -0.4 is 0 Å². The first-order valence-corrected chi connectivity index (χ1v) is 22.2. The summed E-state index contributed by atoms with van der Waals surface area (Å²) >= 11 is 0. The van der Waals surface area contributed by atoms with Gasteiger partial charge in [0.2, 0.25) is 0 Å². The molecule has 4 nitrogen and oxygen atoms in total. The Labute approximate surface area is 384 Å². The fraction of sp³-hybridized carbons (Fsp3) is 0.288. The molecule has 1 N–H and O–H groups in total. The Morgan fingerprint density at radius 1 is 0.531 bits per heavy atom. The Kier molecular flexibility index (Phi) is 10.1. The smallest absolute Gasteiger partial charge is 0.149 e. The summed E-state index contributed by atoms with van der Waals surface area (Å²) in [5.41, 5.74) is 12.8. The molecule has 64 heavy (non-hydrogen) atoms. The van der Waals surface area contributed by atoms with Gasteiger partial charge >= 0.3 is 0 Å². The lowest BCUT2D eigenvalue weighted by atomic mass is 9.79. The molecular formula is C59H62FN3O. The number of para-hydroxylation sites is 1. The first-order valence-electron chi connectivity index (χ1n) is 23.7. The summed E-state index contributed by atoms with van der Waals surface area (Å²) in [7, 11) is 0. The van der Waals surface area contributed by atoms with Crippen LogP contribution >= 0.6 is 0 Å². The van der Waals surface area contributed by atoms with E-state index in [1.165, 1.54) is 17.7 Å². The van der Waals surface area contributed by atoms with Gasteiger partial charge in [-0.1, -0.05) is 156 Å². The third-order valence-corrected chi connectivity index (χ3v) is 12.3. The molecule has 2 heterocycles. The number of aromatic nitrogens is 3. The highest BCUT2D eigenvalue weighted by molar-refractivity contribution is 5.98. The average molecular weight is 851 g/mol. The second-order valence-electron chi connectivity index (χ2n) is 21.4. The minimum atomic E-state index is -2.42. The SMILES string of the molecule is [2H]C([2H])([2H])c1ccc(-c2ccnc(-c3cc(-c4cccc5c4nc(-c4cc(C(C)(C)C)cc(C(C)(C)C)c4O)n5-c4ccc(C(C)(C)C)cc4-c4ccccc4)cc(C(C)(C)C)c3)c2)c(F)c1. The second kappa shape index (κ2) is 16.0. The molecule has 0 unspecified atom stereocenters. The van der Waals surface area contributed by atoms with Crippen LogP contribution in [-0.2, 0) is 21.7 Å². The number of fused-ring (bicyclic) bond motifs is 1. The van der Waals surface area contributed by atoms with Crippen LogP contribution in [0.25, 0.3) is 72.7 Å². The molecule has 5 heteroatoms. The molecule has 0 bridgehead atoms. The molecule has 326 valence electrons. The van der Waals surface area contributed by atoms with Crippen LogP contribution in [0.5, 0.6) is 5.75 Å². The molecule has 8 aromatic rings. The number of imidazole rings is 1. The summed E-state index contributed by atoms with van der Waals surface area (Å²) in [5.74, 6) is 0.231. The number of rotatable bonds is 6. The topological polar surface area (TPSA) is 50.9 Å². The average Bonchev–Trinajstić information content (AvgIpc) is 3.64. The number of benzene rings is 6. The molecule has 2 aromatic heterocycles. The number of hydrogen-bond acceptors (Lipinski definition) is 3. The molecule has 0 radical (unpaired) electrons. The lowest BCUT2D eigenvalue weighted by Gasteiger charge is -2.28. The minimum Gasteiger partial charge on any atom is -0.507 e. The van der Waals surface area contributed by atoms with Crippen LogP contribution in [0.15, 0.2) is 134 Å². The van der Waals surface area contributed by atoms with Crippen molar-refractivity contribution in [3.05, 3.63) is 167 Å². The molecular weight excluding hydrogens is 786 g/mol. The Morgan fingerprint density at radius 3 is 1.86 bits per heavy atom. The van der Waals surface area contributed by atoms with Crippen molar-refractivity contribution in [2.75, 3.05) is 0 Å². The number of hydrogen-bond donors (Lipinski definition) is 1. The quantitative estimate of drug-likeness (QED) is 0.181. The van der Waals surface area contributed by atoms with E-state index in [0.717, 1.165) is 67.3 Å². The molecule has 0 amide bonds. The highest BCUT2D eigenvalue weighted by atomic mass is 19.1. The zero-order valence-electron chi connectivity index (χ0n) is 42.4. The molecule has 0 spiro atoms. The van der Waals surface area contributed by atoms with Gasteiger partial charge in [0.15, 0.2) is 0 Å². The predicted octanol–water partition coefficient (Wildman–Crippen LogP) is 16.1. The summed E-state index contributed by atoms with van der Waals surface area (Å²) in [6.07, 6.45) is 1.67. The fourth-order valence-electron chi connectivity index (χ4n) is 8.48. The van der Waals surface area contributed by atoms with E-state index in [1.807, 2.05) is 12.1 Å². The normalized spacial score (nSPS) is 13.5. The first kappa shape index (κ1) is 40.4. The zero-order valence-corrected chi connectivity index (χ0v) is 39.4. The Bertz CT molecular complexity index is 3170. The van der Waals surface area contributed by atoms with Gasteiger partial charge in [-0.2, -0.15) is 0 Å². The van der Waals surface area contributed by atoms with Gasteiger partial charge in [0.1, 0.15) is 17.4 Å². The first-order chi connectivity index (χ1) is 31.2. The molecule has 0 aliphatic heterocycles. The van der Waals surface area contributed by atoms with Crippen molar-refractivity contribution in [2.45, 2.75) is 112 Å². The molecule has 8 rings (SSSR count). The van der Waals surface area contributed by atoms with Crippen molar-refractivity contribution >= 4 is 11.0 Å². The lowest BCUT2D eigenvalue weighted by molar-refractivity contribution is 0.446. The minimum absolute atomic E-state index is 0.0460. The van der Waals surface area contributed by atoms with Crippen LogP contribution in [-0.4, -0.2) is 19.6 Å². The molecule has 0 fully saturated rings. The largest absolute Gasteiger partial charge is 0.507 e. The maximum Gasteiger partial charge on any atom is 0.149 e. The second-order valence-corrected chi connectivity index (χ2v) is 21.4. The standard InChI is InChI=1S/C59H62FN3O/c1-36-22-24-44(49(60)28-36)38-26-27-61-50(32-38)40-29-39(30-42(31-40)57(5,6)7)45-20-17-21-52-53(45)62-55(47-34-43(58(8,9)10)35-48(54(47)64)59(11,12)13)63(52)51-25-23-41(56(2,3)4)33-46(51)37-18-15-14-16-19-37/h14-35,64H,1-13H3/i1D3. The number of halogens is 1. The van der Waals surface area contributed by atoms with Crippen molar-refractivity contribution in [1.29, 1.82) is 0 Å². The van der Waals surface area contributed by atoms with Crippen LogP contribution in [0, 0.1) is 12.7 Å². The number of aryl methyl sites for hydroxylation is 1. The van der Waals surface area contributed by atoms with E-state index in [2.05, 4.69) is 179 Å². The van der Waals surface area contributed by atoms with Crippen molar-refractivity contribution < 1.29 is 13.6 Å². The van der Waals surface area contributed by atoms with E-state index >= 15 is 4.39 Å². The highest BCUT2D eigenvalue weighted by Crippen LogP contribution is 2.46. The van der Waals surface area contributed by atoms with Gasteiger partial charge in [-0.05, 0) is 122 Å². The number of phenols is 1. The van der Waals surface area contributed by atoms with Gasteiger partial charge in [-0.3, -0.25) is 9.55 Å². The maximum atomic E-state index is 15.6. The van der Waals surface area contributed by atoms with E-state index in [1.54, 1.807) is 12.3 Å². The van der Waals surface area contributed by atoms with Gasteiger partial charge in [-0.15, -0.1) is 0 Å². The van der Waals surface area contributed by atoms with E-state index in [0.29, 0.717) is 28.2 Å². The summed E-state index contributed by atoms with van der Waals surface area (Å²) in [4.78, 5) is 10.4. The van der Waals surface area contributed by atoms with E-state index < -0.39 is 12.7 Å². The Balaban J connectivity index is 1.43. The van der Waals surface area contributed by atoms with Crippen molar-refractivity contribution in [2.24, 2.45) is 0 Å². The maximum absolute atomic E-state index is 15.6. The Morgan fingerprint density at radius 2 is 1.20 bits per heavy atom. The van der Waals surface area contributed by atoms with E-state index in [9.17, 15) is 5.11 Å². The van der Waals surface area contributed by atoms with Gasteiger partial charge in [-0.25, -0.2) is 9.37 Å². The summed E-state index contributed by atoms with van der Waals surface area (Å²) in [6, 6.07) is 41.9. The molecule has 6 aromatic carbocycles. The number of aromatic hydroxyl groups is 1. The summed E-state index contributed by atoms with van der Waals surface area (Å²) < 4.78 is 41.2. The zero-order chi connectivity index (χ0) is 48.6. The third kappa shape index (κ3) is 8.53. The monoisotopic (exact) mass is 851 g/mol. The molecule has 0 aliphatic rings. The number of pyridine rings is 1. The highest BCUT2D eigenvalue weighted by Gasteiger charge is 2.30. The van der Waals surface area contributed by atoms with Crippen LogP contribution in [0.1, 0.15) is 115 Å². The van der Waals surface area contributed by atoms with Gasteiger partial charge in [0, 0.05) is 38.1 Å². The molecule has 0 saturated heterocycles. The number of phenolic OH excluding ortho intramolecular Hbond substituents is 1. The van der Waals surface area contributed by atoms with Crippen molar-refractivity contribution in [1.82, 2.24) is 14.5 Å². The lowest BCUT2D eigenvalue weighted by Crippen LogP contribution is -2.17. The third-order valence-electron chi connectivity index (χ3n) is 12.3. The van der Waals surface area contributed by atoms with Crippen molar-refractivity contribution in [3.8, 4) is 67.5 Å². The van der Waals surface area contributed by atoms with E-state index in [-0.39, 0.29) is 33.0 Å². The van der Waals surface area contributed by atoms with Crippen LogP contribution in [0.4, 0.5) is 4.39 Å². The van der Waals surface area contributed by atoms with Crippen molar-refractivity contribution in [3.63, 3.8) is 0 Å². The van der Waals surface area contributed by atoms with Gasteiger partial charge in [0.25, 0.3) is 0 Å². The summed E-state index contributed by atoms with van der Waals surface area (Å²) in [6.45, 7) is 23.8. The van der Waals surface area contributed by atoms with Gasteiger partial charge < -0.3 is 5.11 Å². The summed E-state index contributed by atoms with van der Waals surface area (Å²) in [5, 5.41) is 12.5. The van der Waals surface area contributed by atoms with Crippen LogP contribution in [0.3, 0.4) is 0 Å². The van der Waals surface area contributed by atoms with Crippen LogP contribution in [0.2, 0.25) is 0 Å².